The topological polar surface area (TPSA) is 38.7 Å². The Balaban J connectivity index is 1.96. The molecule has 0 aromatic heterocycles. The summed E-state index contributed by atoms with van der Waals surface area (Å²) in [4.78, 5) is 0. The van der Waals surface area contributed by atoms with Gasteiger partial charge in [-0.15, -0.1) is 0 Å². The SMILES string of the molecule is COC1=CCC(C(c2ccc(O)cc2)c2ccc(OC)cc2)C=C1. The summed E-state index contributed by atoms with van der Waals surface area (Å²) in [6, 6.07) is 15.7. The normalized spacial score (nSPS) is 17.9. The van der Waals surface area contributed by atoms with Crippen LogP contribution in [-0.4, -0.2) is 19.3 Å². The van der Waals surface area contributed by atoms with Crippen LogP contribution < -0.4 is 4.74 Å². The van der Waals surface area contributed by atoms with Gasteiger partial charge in [-0.25, -0.2) is 0 Å². The molecule has 2 aromatic rings. The average Bonchev–Trinajstić information content (AvgIpc) is 2.64. The molecule has 2 atom stereocenters. The van der Waals surface area contributed by atoms with Crippen molar-refractivity contribution in [1.29, 1.82) is 0 Å². The van der Waals surface area contributed by atoms with Crippen molar-refractivity contribution in [3.63, 3.8) is 0 Å². The standard InChI is InChI=1S/C21H22O3/c1-23-19-11-5-16(6-12-19)21(15-3-9-18(22)10-4-15)17-7-13-20(24-2)14-8-17/h3-7,9-14,17,21-22H,8H2,1-2H3. The molecule has 3 heteroatoms. The minimum atomic E-state index is 0.211. The Morgan fingerprint density at radius 2 is 1.54 bits per heavy atom. The predicted octanol–water partition coefficient (Wildman–Crippen LogP) is 4.64. The van der Waals surface area contributed by atoms with Gasteiger partial charge in [0.15, 0.2) is 0 Å². The molecule has 0 heterocycles. The van der Waals surface area contributed by atoms with Crippen LogP contribution in [0, 0.1) is 5.92 Å². The first-order valence-corrected chi connectivity index (χ1v) is 8.06. The first-order valence-electron chi connectivity index (χ1n) is 8.06. The van der Waals surface area contributed by atoms with Crippen molar-refractivity contribution in [2.24, 2.45) is 5.92 Å². The highest BCUT2D eigenvalue weighted by Gasteiger charge is 2.24. The number of phenolic OH excluding ortho intramolecular Hbond substituents is 1. The molecule has 0 amide bonds. The molecule has 124 valence electrons. The summed E-state index contributed by atoms with van der Waals surface area (Å²) in [6.07, 6.45) is 7.28. The molecule has 3 rings (SSSR count). The molecule has 0 bridgehead atoms. The van der Waals surface area contributed by atoms with Crippen LogP contribution in [0.3, 0.4) is 0 Å². The molecule has 0 saturated heterocycles. The van der Waals surface area contributed by atoms with Crippen LogP contribution in [0.2, 0.25) is 0 Å². The lowest BCUT2D eigenvalue weighted by molar-refractivity contribution is 0.300. The third kappa shape index (κ3) is 3.46. The van der Waals surface area contributed by atoms with Gasteiger partial charge in [-0.05, 0) is 59.9 Å². The van der Waals surface area contributed by atoms with Crippen molar-refractivity contribution in [2.75, 3.05) is 14.2 Å². The monoisotopic (exact) mass is 322 g/mol. The zero-order valence-corrected chi connectivity index (χ0v) is 14.0. The summed E-state index contributed by atoms with van der Waals surface area (Å²) < 4.78 is 10.6. The molecular weight excluding hydrogens is 300 g/mol. The molecule has 0 radical (unpaired) electrons. The first-order chi connectivity index (χ1) is 11.7. The molecule has 1 aliphatic rings. The van der Waals surface area contributed by atoms with Crippen molar-refractivity contribution in [3.05, 3.63) is 83.6 Å². The lowest BCUT2D eigenvalue weighted by atomic mass is 9.77. The maximum absolute atomic E-state index is 9.60. The van der Waals surface area contributed by atoms with Gasteiger partial charge >= 0.3 is 0 Å². The van der Waals surface area contributed by atoms with Crippen LogP contribution in [0.4, 0.5) is 0 Å². The molecule has 2 unspecified atom stereocenters. The van der Waals surface area contributed by atoms with Gasteiger partial charge in [-0.2, -0.15) is 0 Å². The van der Waals surface area contributed by atoms with E-state index in [0.29, 0.717) is 5.92 Å². The summed E-state index contributed by atoms with van der Waals surface area (Å²) in [6.45, 7) is 0. The van der Waals surface area contributed by atoms with E-state index in [9.17, 15) is 5.11 Å². The maximum Gasteiger partial charge on any atom is 0.118 e. The number of phenols is 1. The van der Waals surface area contributed by atoms with Crippen LogP contribution in [0.1, 0.15) is 23.5 Å². The molecule has 2 aromatic carbocycles. The van der Waals surface area contributed by atoms with Crippen LogP contribution in [0.25, 0.3) is 0 Å². The summed E-state index contributed by atoms with van der Waals surface area (Å²) in [5.74, 6) is 2.59. The lowest BCUT2D eigenvalue weighted by Crippen LogP contribution is -2.14. The number of hydrogen-bond acceptors (Lipinski definition) is 3. The third-order valence-corrected chi connectivity index (χ3v) is 4.49. The van der Waals surface area contributed by atoms with E-state index < -0.39 is 0 Å². The molecule has 1 N–H and O–H groups in total. The van der Waals surface area contributed by atoms with Crippen LogP contribution in [0.15, 0.2) is 72.5 Å². The number of benzene rings is 2. The van der Waals surface area contributed by atoms with E-state index in [4.69, 9.17) is 9.47 Å². The second-order valence-corrected chi connectivity index (χ2v) is 5.91. The quantitative estimate of drug-likeness (QED) is 0.871. The van der Waals surface area contributed by atoms with E-state index in [1.54, 1.807) is 26.4 Å². The van der Waals surface area contributed by atoms with Crippen molar-refractivity contribution < 1.29 is 14.6 Å². The Hall–Kier alpha value is -2.68. The third-order valence-electron chi connectivity index (χ3n) is 4.49. The second-order valence-electron chi connectivity index (χ2n) is 5.91. The summed E-state index contributed by atoms with van der Waals surface area (Å²) in [5, 5.41) is 9.60. The van der Waals surface area contributed by atoms with Gasteiger partial charge < -0.3 is 14.6 Å². The number of aromatic hydroxyl groups is 1. The Kier molecular flexibility index (Phi) is 4.90. The van der Waals surface area contributed by atoms with Crippen molar-refractivity contribution in [3.8, 4) is 11.5 Å². The highest BCUT2D eigenvalue weighted by atomic mass is 16.5. The highest BCUT2D eigenvalue weighted by molar-refractivity contribution is 5.40. The average molecular weight is 322 g/mol. The van der Waals surface area contributed by atoms with Gasteiger partial charge in [0.25, 0.3) is 0 Å². The zero-order valence-electron chi connectivity index (χ0n) is 14.0. The number of rotatable bonds is 5. The Labute approximate surface area is 142 Å². The molecule has 0 saturated carbocycles. The molecular formula is C21H22O3. The molecule has 3 nitrogen and oxygen atoms in total. The largest absolute Gasteiger partial charge is 0.508 e. The number of methoxy groups -OCH3 is 2. The second kappa shape index (κ2) is 7.26. The van der Waals surface area contributed by atoms with Gasteiger partial charge in [-0.1, -0.05) is 30.3 Å². The van der Waals surface area contributed by atoms with Crippen molar-refractivity contribution in [2.45, 2.75) is 12.3 Å². The van der Waals surface area contributed by atoms with Crippen LogP contribution in [0.5, 0.6) is 11.5 Å². The minimum Gasteiger partial charge on any atom is -0.508 e. The summed E-state index contributed by atoms with van der Waals surface area (Å²) >= 11 is 0. The van der Waals surface area contributed by atoms with E-state index in [0.717, 1.165) is 17.9 Å². The first kappa shape index (κ1) is 16.2. The van der Waals surface area contributed by atoms with E-state index in [2.05, 4.69) is 24.3 Å². The predicted molar refractivity (Wildman–Crippen MR) is 95.3 cm³/mol. The number of hydrogen-bond donors (Lipinski definition) is 1. The maximum atomic E-state index is 9.60. The molecule has 0 spiro atoms. The fourth-order valence-electron chi connectivity index (χ4n) is 3.20. The molecule has 24 heavy (non-hydrogen) atoms. The Morgan fingerprint density at radius 1 is 0.917 bits per heavy atom. The fourth-order valence-corrected chi connectivity index (χ4v) is 3.20. The van der Waals surface area contributed by atoms with Crippen LogP contribution >= 0.6 is 0 Å². The van der Waals surface area contributed by atoms with E-state index in [-0.39, 0.29) is 11.7 Å². The van der Waals surface area contributed by atoms with E-state index in [1.165, 1.54) is 11.1 Å². The Morgan fingerprint density at radius 3 is 2.04 bits per heavy atom. The highest BCUT2D eigenvalue weighted by Crippen LogP contribution is 2.38. The van der Waals surface area contributed by atoms with Gasteiger partial charge in [0, 0.05) is 5.92 Å². The Bertz CT molecular complexity index is 727. The van der Waals surface area contributed by atoms with Gasteiger partial charge in [0.05, 0.1) is 14.2 Å². The van der Waals surface area contributed by atoms with E-state index in [1.807, 2.05) is 30.3 Å². The number of ether oxygens (including phenoxy) is 2. The van der Waals surface area contributed by atoms with E-state index >= 15 is 0 Å². The smallest absolute Gasteiger partial charge is 0.118 e. The number of allylic oxidation sites excluding steroid dienone is 3. The van der Waals surface area contributed by atoms with Gasteiger partial charge in [0.1, 0.15) is 17.3 Å². The molecule has 1 aliphatic carbocycles. The van der Waals surface area contributed by atoms with Gasteiger partial charge in [0.2, 0.25) is 0 Å². The zero-order chi connectivity index (χ0) is 16.9. The fraction of sp³-hybridized carbons (Fsp3) is 0.238. The molecule has 0 fully saturated rings. The van der Waals surface area contributed by atoms with Crippen molar-refractivity contribution in [1.82, 2.24) is 0 Å². The van der Waals surface area contributed by atoms with Crippen LogP contribution in [-0.2, 0) is 4.74 Å². The van der Waals surface area contributed by atoms with Crippen molar-refractivity contribution >= 4 is 0 Å². The van der Waals surface area contributed by atoms with Gasteiger partial charge in [-0.3, -0.25) is 0 Å². The minimum absolute atomic E-state index is 0.211. The lowest BCUT2D eigenvalue weighted by Gasteiger charge is -2.27. The summed E-state index contributed by atoms with van der Waals surface area (Å²) in [5.41, 5.74) is 2.41. The summed E-state index contributed by atoms with van der Waals surface area (Å²) in [7, 11) is 3.37. The molecule has 0 aliphatic heterocycles.